The van der Waals surface area contributed by atoms with Gasteiger partial charge in [-0.05, 0) is 42.4 Å². The van der Waals surface area contributed by atoms with Crippen molar-refractivity contribution in [2.24, 2.45) is 10.4 Å². The molecule has 0 spiro atoms. The third kappa shape index (κ3) is 3.86. The summed E-state index contributed by atoms with van der Waals surface area (Å²) in [4.78, 5) is 4.19. The molecule has 0 aliphatic heterocycles. The molecule has 0 radical (unpaired) electrons. The summed E-state index contributed by atoms with van der Waals surface area (Å²) < 4.78 is 13.3. The molecule has 5 heteroatoms. The number of halogens is 1. The Labute approximate surface area is 125 Å². The molecule has 1 saturated carbocycles. The molecule has 1 aromatic carbocycles. The van der Waals surface area contributed by atoms with Crippen molar-refractivity contribution in [3.05, 3.63) is 29.6 Å². The van der Waals surface area contributed by atoms with E-state index in [0.717, 1.165) is 18.1 Å². The van der Waals surface area contributed by atoms with Crippen LogP contribution in [0.15, 0.2) is 23.2 Å². The summed E-state index contributed by atoms with van der Waals surface area (Å²) in [6, 6.07) is 4.39. The molecule has 1 aliphatic rings. The van der Waals surface area contributed by atoms with Gasteiger partial charge >= 0.3 is 0 Å². The van der Waals surface area contributed by atoms with E-state index >= 15 is 0 Å². The molecule has 0 atom stereocenters. The van der Waals surface area contributed by atoms with Crippen LogP contribution < -0.4 is 10.6 Å². The molecule has 3 N–H and O–H groups in total. The lowest BCUT2D eigenvalue weighted by Crippen LogP contribution is -2.46. The number of hydrogen-bond acceptors (Lipinski definition) is 2. The van der Waals surface area contributed by atoms with Gasteiger partial charge in [0.25, 0.3) is 0 Å². The first-order valence-electron chi connectivity index (χ1n) is 7.50. The fourth-order valence-corrected chi connectivity index (χ4v) is 2.67. The first kappa shape index (κ1) is 15.6. The lowest BCUT2D eigenvalue weighted by Gasteiger charge is -2.41. The fraction of sp³-hybridized carbons (Fsp3) is 0.562. The van der Waals surface area contributed by atoms with Crippen LogP contribution in [-0.4, -0.2) is 24.7 Å². The van der Waals surface area contributed by atoms with Crippen molar-refractivity contribution in [1.29, 1.82) is 0 Å². The first-order chi connectivity index (χ1) is 10.1. The summed E-state index contributed by atoms with van der Waals surface area (Å²) in [7, 11) is 1.73. The van der Waals surface area contributed by atoms with Crippen LogP contribution in [0.25, 0.3) is 0 Å². The van der Waals surface area contributed by atoms with E-state index in [-0.39, 0.29) is 5.75 Å². The number of benzene rings is 1. The molecule has 21 heavy (non-hydrogen) atoms. The van der Waals surface area contributed by atoms with E-state index in [0.29, 0.717) is 12.0 Å². The number of aliphatic imine (C=N–C) groups is 1. The van der Waals surface area contributed by atoms with Crippen molar-refractivity contribution in [3.8, 4) is 5.75 Å². The Hall–Kier alpha value is -1.78. The smallest absolute Gasteiger partial charge is 0.191 e. The maximum atomic E-state index is 13.3. The SMILES string of the molecule is CCC1(CNC(=NC)NCc2ccc(O)c(F)c2)CCC1. The molecular formula is C16H24FN3O. The zero-order chi connectivity index (χ0) is 15.3. The minimum atomic E-state index is -0.600. The number of guanidine groups is 1. The summed E-state index contributed by atoms with van der Waals surface area (Å²) in [5.74, 6) is -0.198. The van der Waals surface area contributed by atoms with Gasteiger partial charge in [-0.3, -0.25) is 4.99 Å². The van der Waals surface area contributed by atoms with Crippen LogP contribution in [-0.2, 0) is 6.54 Å². The van der Waals surface area contributed by atoms with Crippen molar-refractivity contribution in [1.82, 2.24) is 10.6 Å². The van der Waals surface area contributed by atoms with Gasteiger partial charge in [0.2, 0.25) is 0 Å². The normalized spacial score (nSPS) is 17.2. The summed E-state index contributed by atoms with van der Waals surface area (Å²) in [5.41, 5.74) is 1.18. The van der Waals surface area contributed by atoms with E-state index in [1.54, 1.807) is 13.1 Å². The molecule has 0 unspecified atom stereocenters. The summed E-state index contributed by atoms with van der Waals surface area (Å²) in [6.45, 7) is 3.62. The highest BCUT2D eigenvalue weighted by atomic mass is 19.1. The van der Waals surface area contributed by atoms with E-state index in [1.807, 2.05) is 0 Å². The summed E-state index contributed by atoms with van der Waals surface area (Å²) in [5, 5.41) is 15.7. The Balaban J connectivity index is 1.83. The molecule has 1 fully saturated rings. The van der Waals surface area contributed by atoms with E-state index in [1.165, 1.54) is 37.8 Å². The first-order valence-corrected chi connectivity index (χ1v) is 7.50. The second-order valence-electron chi connectivity index (χ2n) is 5.77. The van der Waals surface area contributed by atoms with Gasteiger partial charge in [0.15, 0.2) is 17.5 Å². The van der Waals surface area contributed by atoms with Gasteiger partial charge in [-0.1, -0.05) is 19.4 Å². The van der Waals surface area contributed by atoms with Crippen molar-refractivity contribution in [2.45, 2.75) is 39.2 Å². The highest BCUT2D eigenvalue weighted by Gasteiger charge is 2.34. The van der Waals surface area contributed by atoms with Gasteiger partial charge in [0.1, 0.15) is 0 Å². The van der Waals surface area contributed by atoms with Crippen LogP contribution in [0.2, 0.25) is 0 Å². The molecule has 0 aromatic heterocycles. The number of phenols is 1. The van der Waals surface area contributed by atoms with Crippen molar-refractivity contribution in [2.75, 3.05) is 13.6 Å². The van der Waals surface area contributed by atoms with Crippen molar-refractivity contribution in [3.63, 3.8) is 0 Å². The molecule has 0 bridgehead atoms. The molecular weight excluding hydrogens is 269 g/mol. The molecule has 2 rings (SSSR count). The predicted octanol–water partition coefficient (Wildman–Crippen LogP) is 2.78. The lowest BCUT2D eigenvalue weighted by atomic mass is 9.67. The van der Waals surface area contributed by atoms with Crippen LogP contribution in [0.5, 0.6) is 5.75 Å². The lowest BCUT2D eigenvalue weighted by molar-refractivity contribution is 0.131. The van der Waals surface area contributed by atoms with Crippen LogP contribution in [0.4, 0.5) is 4.39 Å². The second kappa shape index (κ2) is 6.78. The topological polar surface area (TPSA) is 56.7 Å². The molecule has 0 heterocycles. The Morgan fingerprint density at radius 3 is 2.67 bits per heavy atom. The van der Waals surface area contributed by atoms with E-state index < -0.39 is 5.82 Å². The highest BCUT2D eigenvalue weighted by Crippen LogP contribution is 2.42. The number of nitrogens with one attached hydrogen (secondary N) is 2. The van der Waals surface area contributed by atoms with Gasteiger partial charge in [-0.25, -0.2) is 4.39 Å². The Kier molecular flexibility index (Phi) is 5.04. The third-order valence-corrected chi connectivity index (χ3v) is 4.49. The molecule has 1 aromatic rings. The minimum Gasteiger partial charge on any atom is -0.505 e. The molecule has 0 saturated heterocycles. The Morgan fingerprint density at radius 1 is 1.38 bits per heavy atom. The second-order valence-corrected chi connectivity index (χ2v) is 5.77. The maximum Gasteiger partial charge on any atom is 0.191 e. The standard InChI is InChI=1S/C16H24FN3O/c1-3-16(7-4-8-16)11-20-15(18-2)19-10-12-5-6-14(21)13(17)9-12/h5-6,9,21H,3-4,7-8,10-11H2,1-2H3,(H2,18,19,20). The van der Waals surface area contributed by atoms with Gasteiger partial charge in [-0.15, -0.1) is 0 Å². The monoisotopic (exact) mass is 293 g/mol. The van der Waals surface area contributed by atoms with Crippen molar-refractivity contribution < 1.29 is 9.50 Å². The van der Waals surface area contributed by atoms with Gasteiger partial charge in [-0.2, -0.15) is 0 Å². The maximum absolute atomic E-state index is 13.3. The average molecular weight is 293 g/mol. The van der Waals surface area contributed by atoms with Crippen LogP contribution in [0.3, 0.4) is 0 Å². The Bertz CT molecular complexity index is 507. The van der Waals surface area contributed by atoms with Gasteiger partial charge in [0.05, 0.1) is 0 Å². The number of hydrogen-bond donors (Lipinski definition) is 3. The van der Waals surface area contributed by atoms with E-state index in [2.05, 4.69) is 22.5 Å². The van der Waals surface area contributed by atoms with Crippen LogP contribution in [0, 0.1) is 11.2 Å². The fourth-order valence-electron chi connectivity index (χ4n) is 2.67. The van der Waals surface area contributed by atoms with E-state index in [9.17, 15) is 9.50 Å². The quantitative estimate of drug-likeness (QED) is 0.578. The van der Waals surface area contributed by atoms with Gasteiger partial charge < -0.3 is 15.7 Å². The number of nitrogens with zero attached hydrogens (tertiary/aromatic N) is 1. The van der Waals surface area contributed by atoms with Crippen LogP contribution in [0.1, 0.15) is 38.2 Å². The number of rotatable bonds is 5. The number of phenolic OH excluding ortho intramolecular Hbond substituents is 1. The Morgan fingerprint density at radius 2 is 2.14 bits per heavy atom. The van der Waals surface area contributed by atoms with Crippen LogP contribution >= 0.6 is 0 Å². The number of aromatic hydroxyl groups is 1. The van der Waals surface area contributed by atoms with Gasteiger partial charge in [0, 0.05) is 20.1 Å². The largest absolute Gasteiger partial charge is 0.505 e. The van der Waals surface area contributed by atoms with Crippen molar-refractivity contribution >= 4 is 5.96 Å². The highest BCUT2D eigenvalue weighted by molar-refractivity contribution is 5.79. The molecule has 116 valence electrons. The summed E-state index contributed by atoms with van der Waals surface area (Å²) in [6.07, 6.45) is 5.04. The zero-order valence-electron chi connectivity index (χ0n) is 12.7. The third-order valence-electron chi connectivity index (χ3n) is 4.49. The summed E-state index contributed by atoms with van der Waals surface area (Å²) >= 11 is 0. The minimum absolute atomic E-state index is 0.323. The molecule has 1 aliphatic carbocycles. The predicted molar refractivity (Wildman–Crippen MR) is 82.8 cm³/mol. The average Bonchev–Trinajstić information content (AvgIpc) is 2.45. The zero-order valence-corrected chi connectivity index (χ0v) is 12.7. The molecule has 4 nitrogen and oxygen atoms in total. The van der Waals surface area contributed by atoms with E-state index in [4.69, 9.17) is 0 Å². The molecule has 0 amide bonds.